The number of aryl methyl sites for hydroxylation is 1. The third-order valence-corrected chi connectivity index (χ3v) is 4.20. The van der Waals surface area contributed by atoms with E-state index < -0.39 is 0 Å². The molecule has 1 heterocycles. The number of benzene rings is 2. The number of aromatic nitrogens is 4. The molecule has 0 aliphatic heterocycles. The fourth-order valence-electron chi connectivity index (χ4n) is 2.64. The van der Waals surface area contributed by atoms with E-state index in [1.165, 1.54) is 0 Å². The lowest BCUT2D eigenvalue weighted by Gasteiger charge is -2.21. The van der Waals surface area contributed by atoms with Crippen LogP contribution in [0, 0.1) is 12.7 Å². The van der Waals surface area contributed by atoms with Crippen molar-refractivity contribution in [1.29, 1.82) is 0 Å². The van der Waals surface area contributed by atoms with Gasteiger partial charge in [0, 0.05) is 12.1 Å². The van der Waals surface area contributed by atoms with Crippen LogP contribution in [0.4, 0.5) is 4.39 Å². The van der Waals surface area contributed by atoms with E-state index >= 15 is 0 Å². The van der Waals surface area contributed by atoms with Gasteiger partial charge in [0.05, 0.1) is 5.69 Å². The van der Waals surface area contributed by atoms with E-state index in [4.69, 9.17) is 0 Å². The average Bonchev–Trinajstić information content (AvgIpc) is 3.12. The first-order chi connectivity index (χ1) is 11.5. The van der Waals surface area contributed by atoms with Gasteiger partial charge in [-0.1, -0.05) is 24.3 Å². The Morgan fingerprint density at radius 3 is 2.29 bits per heavy atom. The van der Waals surface area contributed by atoms with Crippen LogP contribution in [0.3, 0.4) is 0 Å². The van der Waals surface area contributed by atoms with Crippen LogP contribution in [0.2, 0.25) is 0 Å². The highest BCUT2D eigenvalue weighted by Crippen LogP contribution is 2.21. The molecule has 5 nitrogen and oxygen atoms in total. The highest BCUT2D eigenvalue weighted by molar-refractivity contribution is 5.34. The summed E-state index contributed by atoms with van der Waals surface area (Å²) < 4.78 is 15.3. The fraction of sp³-hybridized carbons (Fsp3) is 0.278. The van der Waals surface area contributed by atoms with Crippen molar-refractivity contribution in [3.05, 3.63) is 71.3 Å². The lowest BCUT2D eigenvalue weighted by Crippen LogP contribution is -2.22. The molecule has 0 spiro atoms. The van der Waals surface area contributed by atoms with Crippen LogP contribution < -0.4 is 5.32 Å². The second-order valence-electron chi connectivity index (χ2n) is 5.96. The van der Waals surface area contributed by atoms with E-state index in [9.17, 15) is 4.39 Å². The Bertz CT molecular complexity index is 799. The van der Waals surface area contributed by atoms with Gasteiger partial charge >= 0.3 is 0 Å². The molecule has 0 bridgehead atoms. The standard InChI is InChI=1S/C18H20FN5/c1-12-4-5-16(10-18(12)19)14(3)21-13(2)15-6-8-17(9-7-15)24-11-20-22-23-24/h4-11,13-14,21H,1-3H3/t13-,14-/m1/s1. The van der Waals surface area contributed by atoms with Crippen LogP contribution in [0.25, 0.3) is 5.69 Å². The van der Waals surface area contributed by atoms with E-state index in [0.29, 0.717) is 5.56 Å². The zero-order valence-corrected chi connectivity index (χ0v) is 13.9. The number of nitrogens with one attached hydrogen (secondary N) is 1. The first-order valence-electron chi connectivity index (χ1n) is 7.90. The van der Waals surface area contributed by atoms with Gasteiger partial charge in [-0.25, -0.2) is 9.07 Å². The molecule has 24 heavy (non-hydrogen) atoms. The Balaban J connectivity index is 1.69. The lowest BCUT2D eigenvalue weighted by molar-refractivity contribution is 0.491. The first-order valence-corrected chi connectivity index (χ1v) is 7.90. The smallest absolute Gasteiger partial charge is 0.143 e. The number of hydrogen-bond acceptors (Lipinski definition) is 4. The number of hydrogen-bond donors (Lipinski definition) is 1. The Morgan fingerprint density at radius 1 is 1.00 bits per heavy atom. The van der Waals surface area contributed by atoms with E-state index in [-0.39, 0.29) is 17.9 Å². The van der Waals surface area contributed by atoms with Gasteiger partial charge in [-0.3, -0.25) is 0 Å². The SMILES string of the molecule is Cc1ccc([C@@H](C)N[C@H](C)c2ccc(-n3cnnn3)cc2)cc1F. The predicted molar refractivity (Wildman–Crippen MR) is 90.3 cm³/mol. The zero-order chi connectivity index (χ0) is 17.1. The third-order valence-electron chi connectivity index (χ3n) is 4.20. The maximum Gasteiger partial charge on any atom is 0.143 e. The average molecular weight is 325 g/mol. The first kappa shape index (κ1) is 16.3. The topological polar surface area (TPSA) is 55.6 Å². The molecule has 2 aromatic carbocycles. The van der Waals surface area contributed by atoms with Crippen molar-refractivity contribution in [2.24, 2.45) is 0 Å². The highest BCUT2D eigenvalue weighted by Gasteiger charge is 2.12. The van der Waals surface area contributed by atoms with Gasteiger partial charge in [0.1, 0.15) is 12.1 Å². The van der Waals surface area contributed by atoms with Crippen molar-refractivity contribution in [1.82, 2.24) is 25.5 Å². The van der Waals surface area contributed by atoms with Gasteiger partial charge in [0.15, 0.2) is 0 Å². The summed E-state index contributed by atoms with van der Waals surface area (Å²) in [5.74, 6) is -0.167. The van der Waals surface area contributed by atoms with Crippen LogP contribution >= 0.6 is 0 Å². The van der Waals surface area contributed by atoms with Crippen molar-refractivity contribution in [2.75, 3.05) is 0 Å². The minimum atomic E-state index is -0.167. The molecule has 0 fully saturated rings. The van der Waals surface area contributed by atoms with Gasteiger partial charge in [-0.05, 0) is 66.1 Å². The molecule has 0 radical (unpaired) electrons. The van der Waals surface area contributed by atoms with E-state index in [2.05, 4.69) is 27.8 Å². The molecule has 0 saturated carbocycles. The van der Waals surface area contributed by atoms with E-state index in [1.807, 2.05) is 43.3 Å². The number of halogens is 1. The number of nitrogens with zero attached hydrogens (tertiary/aromatic N) is 4. The van der Waals surface area contributed by atoms with Crippen molar-refractivity contribution in [3.63, 3.8) is 0 Å². The van der Waals surface area contributed by atoms with Crippen LogP contribution in [0.1, 0.15) is 42.6 Å². The maximum absolute atomic E-state index is 13.7. The lowest BCUT2D eigenvalue weighted by atomic mass is 10.0. The second-order valence-corrected chi connectivity index (χ2v) is 5.96. The number of rotatable bonds is 5. The Hall–Kier alpha value is -2.60. The normalized spacial score (nSPS) is 13.7. The largest absolute Gasteiger partial charge is 0.304 e. The summed E-state index contributed by atoms with van der Waals surface area (Å²) in [4.78, 5) is 0. The zero-order valence-electron chi connectivity index (χ0n) is 13.9. The van der Waals surface area contributed by atoms with Gasteiger partial charge in [0.25, 0.3) is 0 Å². The number of tetrazole rings is 1. The van der Waals surface area contributed by atoms with Crippen LogP contribution in [-0.4, -0.2) is 20.2 Å². The molecular weight excluding hydrogens is 305 g/mol. The van der Waals surface area contributed by atoms with Crippen LogP contribution in [0.5, 0.6) is 0 Å². The molecule has 1 N–H and O–H groups in total. The Labute approximate surface area is 140 Å². The molecule has 0 unspecified atom stereocenters. The van der Waals surface area contributed by atoms with E-state index in [1.54, 1.807) is 24.0 Å². The summed E-state index contributed by atoms with van der Waals surface area (Å²) in [5.41, 5.74) is 3.66. The molecule has 124 valence electrons. The monoisotopic (exact) mass is 325 g/mol. The molecule has 3 rings (SSSR count). The third kappa shape index (κ3) is 3.49. The molecule has 6 heteroatoms. The maximum atomic E-state index is 13.7. The van der Waals surface area contributed by atoms with Crippen molar-refractivity contribution in [3.8, 4) is 5.69 Å². The van der Waals surface area contributed by atoms with Crippen molar-refractivity contribution in [2.45, 2.75) is 32.9 Å². The minimum absolute atomic E-state index is 0.0503. The molecule has 0 aliphatic carbocycles. The molecular formula is C18H20FN5. The molecule has 0 saturated heterocycles. The van der Waals surface area contributed by atoms with E-state index in [0.717, 1.165) is 16.8 Å². The molecule has 0 aliphatic rings. The van der Waals surface area contributed by atoms with Crippen LogP contribution in [-0.2, 0) is 0 Å². The van der Waals surface area contributed by atoms with Gasteiger partial charge in [-0.2, -0.15) is 0 Å². The highest BCUT2D eigenvalue weighted by atomic mass is 19.1. The summed E-state index contributed by atoms with van der Waals surface area (Å²) >= 11 is 0. The van der Waals surface area contributed by atoms with Gasteiger partial charge in [0.2, 0.25) is 0 Å². The van der Waals surface area contributed by atoms with Crippen molar-refractivity contribution >= 4 is 0 Å². The molecule has 2 atom stereocenters. The summed E-state index contributed by atoms with van der Waals surface area (Å²) in [6.45, 7) is 5.90. The summed E-state index contributed by atoms with van der Waals surface area (Å²) in [5, 5.41) is 14.6. The fourth-order valence-corrected chi connectivity index (χ4v) is 2.64. The summed E-state index contributed by atoms with van der Waals surface area (Å²) in [6.07, 6.45) is 1.56. The van der Waals surface area contributed by atoms with Gasteiger partial charge < -0.3 is 5.32 Å². The summed E-state index contributed by atoms with van der Waals surface area (Å²) in [6, 6.07) is 13.6. The molecule has 1 aromatic heterocycles. The molecule has 3 aromatic rings. The van der Waals surface area contributed by atoms with Crippen LogP contribution in [0.15, 0.2) is 48.8 Å². The van der Waals surface area contributed by atoms with Gasteiger partial charge in [-0.15, -0.1) is 5.10 Å². The van der Waals surface area contributed by atoms with Crippen molar-refractivity contribution < 1.29 is 4.39 Å². The Kier molecular flexibility index (Phi) is 4.66. The quantitative estimate of drug-likeness (QED) is 0.780. The predicted octanol–water partition coefficient (Wildman–Crippen LogP) is 3.52. The molecule has 0 amide bonds. The minimum Gasteiger partial charge on any atom is -0.304 e. The Morgan fingerprint density at radius 2 is 1.67 bits per heavy atom. The second kappa shape index (κ2) is 6.88. The summed E-state index contributed by atoms with van der Waals surface area (Å²) in [7, 11) is 0.